The number of nitrogens with zero attached hydrogens (tertiary/aromatic N) is 2. The van der Waals surface area contributed by atoms with Gasteiger partial charge in [-0.15, -0.1) is 0 Å². The number of aliphatic imine (C=N–C) groups is 1. The van der Waals surface area contributed by atoms with E-state index in [-0.39, 0.29) is 0 Å². The third-order valence-corrected chi connectivity index (χ3v) is 1.86. The molecule has 0 aromatic rings. The molecule has 2 atom stereocenters. The Bertz CT molecular complexity index is 187. The summed E-state index contributed by atoms with van der Waals surface area (Å²) in [5, 5.41) is 0. The summed E-state index contributed by atoms with van der Waals surface area (Å²) in [7, 11) is 2.00. The topological polar surface area (TPSA) is 39.7 Å². The Morgan fingerprint density at radius 1 is 1.42 bits per heavy atom. The minimum absolute atomic E-state index is 0.360. The SMILES string of the molecule is C/C=C/N=C\N(C)C1NN[C@@H]1C. The van der Waals surface area contributed by atoms with Gasteiger partial charge in [-0.2, -0.15) is 0 Å². The first-order valence-electron chi connectivity index (χ1n) is 4.13. The summed E-state index contributed by atoms with van der Waals surface area (Å²) in [5.41, 5.74) is 6.14. The van der Waals surface area contributed by atoms with Gasteiger partial charge < -0.3 is 4.90 Å². The van der Waals surface area contributed by atoms with Gasteiger partial charge in [0.1, 0.15) is 6.17 Å². The Morgan fingerprint density at radius 2 is 2.17 bits per heavy atom. The van der Waals surface area contributed by atoms with Crippen LogP contribution in [0.15, 0.2) is 17.3 Å². The molecule has 0 spiro atoms. The van der Waals surface area contributed by atoms with Crippen molar-refractivity contribution in [2.45, 2.75) is 26.1 Å². The molecule has 4 nitrogen and oxygen atoms in total. The van der Waals surface area contributed by atoms with Gasteiger partial charge in [-0.3, -0.25) is 0 Å². The van der Waals surface area contributed by atoms with Crippen LogP contribution >= 0.6 is 0 Å². The van der Waals surface area contributed by atoms with Crippen LogP contribution < -0.4 is 10.9 Å². The molecule has 1 saturated heterocycles. The van der Waals surface area contributed by atoms with Gasteiger partial charge >= 0.3 is 0 Å². The highest BCUT2D eigenvalue weighted by Crippen LogP contribution is 2.02. The molecule has 1 aliphatic heterocycles. The summed E-state index contributed by atoms with van der Waals surface area (Å²) in [4.78, 5) is 6.12. The van der Waals surface area contributed by atoms with Crippen LogP contribution in [-0.2, 0) is 0 Å². The van der Waals surface area contributed by atoms with E-state index >= 15 is 0 Å². The van der Waals surface area contributed by atoms with Gasteiger partial charge in [0, 0.05) is 13.2 Å². The molecule has 1 heterocycles. The maximum absolute atomic E-state index is 4.08. The fraction of sp³-hybridized carbons (Fsp3) is 0.625. The lowest BCUT2D eigenvalue weighted by Gasteiger charge is -2.41. The Balaban J connectivity index is 2.32. The highest BCUT2D eigenvalue weighted by molar-refractivity contribution is 5.56. The average molecular weight is 168 g/mol. The lowest BCUT2D eigenvalue weighted by molar-refractivity contribution is 0.116. The molecule has 2 N–H and O–H groups in total. The molecule has 1 aliphatic rings. The van der Waals surface area contributed by atoms with Crippen LogP contribution in [0.4, 0.5) is 0 Å². The molecule has 0 aromatic heterocycles. The van der Waals surface area contributed by atoms with Crippen molar-refractivity contribution in [1.82, 2.24) is 15.8 Å². The molecule has 0 aliphatic carbocycles. The zero-order valence-electron chi connectivity index (χ0n) is 7.78. The van der Waals surface area contributed by atoms with Crippen LogP contribution in [0.3, 0.4) is 0 Å². The number of hydrogen-bond donors (Lipinski definition) is 2. The van der Waals surface area contributed by atoms with Crippen molar-refractivity contribution in [1.29, 1.82) is 0 Å². The Labute approximate surface area is 73.3 Å². The average Bonchev–Trinajstić information content (AvgIpc) is 2.02. The third-order valence-electron chi connectivity index (χ3n) is 1.86. The van der Waals surface area contributed by atoms with Crippen LogP contribution in [0.1, 0.15) is 13.8 Å². The zero-order valence-corrected chi connectivity index (χ0v) is 7.78. The van der Waals surface area contributed by atoms with Crippen LogP contribution in [0, 0.1) is 0 Å². The molecule has 1 rings (SSSR count). The molecule has 0 aromatic carbocycles. The molecule has 0 amide bonds. The standard InChI is InChI=1S/C8H16N4/c1-4-5-9-6-12(3)8-7(2)10-11-8/h4-8,10-11H,1-3H3/b5-4+,9-6-/t7-,8?/m1/s1. The van der Waals surface area contributed by atoms with Gasteiger partial charge in [-0.25, -0.2) is 15.8 Å². The second kappa shape index (κ2) is 4.23. The van der Waals surface area contributed by atoms with E-state index in [0.29, 0.717) is 12.2 Å². The largest absolute Gasteiger partial charge is 0.347 e. The zero-order chi connectivity index (χ0) is 8.97. The van der Waals surface area contributed by atoms with E-state index in [4.69, 9.17) is 0 Å². The third kappa shape index (κ3) is 2.06. The molecule has 12 heavy (non-hydrogen) atoms. The maximum Gasteiger partial charge on any atom is 0.109 e. The van der Waals surface area contributed by atoms with Gasteiger partial charge in [-0.05, 0) is 13.8 Å². The van der Waals surface area contributed by atoms with Crippen molar-refractivity contribution in [2.75, 3.05) is 7.05 Å². The summed E-state index contributed by atoms with van der Waals surface area (Å²) < 4.78 is 0. The quantitative estimate of drug-likeness (QED) is 0.470. The minimum Gasteiger partial charge on any atom is -0.347 e. The monoisotopic (exact) mass is 168 g/mol. The molecule has 4 heteroatoms. The van der Waals surface area contributed by atoms with Crippen molar-refractivity contribution < 1.29 is 0 Å². The number of hydrazine groups is 1. The van der Waals surface area contributed by atoms with Crippen LogP contribution in [0.25, 0.3) is 0 Å². The van der Waals surface area contributed by atoms with Gasteiger partial charge in [0.2, 0.25) is 0 Å². The van der Waals surface area contributed by atoms with E-state index in [1.807, 2.05) is 31.3 Å². The highest BCUT2D eigenvalue weighted by Gasteiger charge is 2.27. The number of likely N-dealkylation sites (N-methyl/N-ethyl adjacent to an activating group) is 1. The van der Waals surface area contributed by atoms with Crippen molar-refractivity contribution in [3.8, 4) is 0 Å². The first-order valence-corrected chi connectivity index (χ1v) is 4.13. The smallest absolute Gasteiger partial charge is 0.109 e. The number of nitrogens with one attached hydrogen (secondary N) is 2. The number of rotatable bonds is 3. The van der Waals surface area contributed by atoms with Crippen LogP contribution in [0.5, 0.6) is 0 Å². The molecule has 1 fully saturated rings. The Kier molecular flexibility index (Phi) is 3.25. The van der Waals surface area contributed by atoms with E-state index in [1.165, 1.54) is 0 Å². The lowest BCUT2D eigenvalue weighted by atomic mass is 10.2. The summed E-state index contributed by atoms with van der Waals surface area (Å²) >= 11 is 0. The van der Waals surface area contributed by atoms with Crippen molar-refractivity contribution in [3.05, 3.63) is 12.3 Å². The van der Waals surface area contributed by atoms with Gasteiger partial charge in [0.15, 0.2) is 0 Å². The van der Waals surface area contributed by atoms with Crippen LogP contribution in [-0.4, -0.2) is 30.5 Å². The molecule has 0 bridgehead atoms. The van der Waals surface area contributed by atoms with E-state index in [1.54, 1.807) is 6.20 Å². The van der Waals surface area contributed by atoms with E-state index in [0.717, 1.165) is 0 Å². The molecule has 0 radical (unpaired) electrons. The second-order valence-corrected chi connectivity index (χ2v) is 2.93. The Hall–Kier alpha value is -0.870. The van der Waals surface area contributed by atoms with E-state index in [9.17, 15) is 0 Å². The first-order chi connectivity index (χ1) is 5.75. The normalized spacial score (nSPS) is 29.6. The van der Waals surface area contributed by atoms with Crippen molar-refractivity contribution in [3.63, 3.8) is 0 Å². The second-order valence-electron chi connectivity index (χ2n) is 2.93. The molecular weight excluding hydrogens is 152 g/mol. The number of hydrogen-bond acceptors (Lipinski definition) is 3. The van der Waals surface area contributed by atoms with E-state index < -0.39 is 0 Å². The fourth-order valence-electron chi connectivity index (χ4n) is 1.08. The molecule has 68 valence electrons. The predicted molar refractivity (Wildman–Crippen MR) is 50.6 cm³/mol. The summed E-state index contributed by atoms with van der Waals surface area (Å²) in [6.45, 7) is 4.07. The molecular formula is C8H16N4. The summed E-state index contributed by atoms with van der Waals surface area (Å²) in [5.74, 6) is 0. The number of allylic oxidation sites excluding steroid dienone is 1. The van der Waals surface area contributed by atoms with Gasteiger partial charge in [0.05, 0.1) is 12.4 Å². The highest BCUT2D eigenvalue weighted by atomic mass is 15.6. The van der Waals surface area contributed by atoms with Crippen molar-refractivity contribution in [2.24, 2.45) is 4.99 Å². The fourth-order valence-corrected chi connectivity index (χ4v) is 1.08. The van der Waals surface area contributed by atoms with Gasteiger partial charge in [0.25, 0.3) is 0 Å². The minimum atomic E-state index is 0.360. The summed E-state index contributed by atoms with van der Waals surface area (Å²) in [6, 6.07) is 0.479. The summed E-state index contributed by atoms with van der Waals surface area (Å²) in [6.07, 6.45) is 5.85. The Morgan fingerprint density at radius 3 is 2.58 bits per heavy atom. The lowest BCUT2D eigenvalue weighted by Crippen LogP contribution is -2.71. The predicted octanol–water partition coefficient (Wildman–Crippen LogP) is 0.302. The molecule has 0 saturated carbocycles. The van der Waals surface area contributed by atoms with Crippen LogP contribution in [0.2, 0.25) is 0 Å². The first kappa shape index (κ1) is 9.22. The maximum atomic E-state index is 4.08. The molecule has 1 unspecified atom stereocenters. The van der Waals surface area contributed by atoms with Gasteiger partial charge in [-0.1, -0.05) is 6.08 Å². The van der Waals surface area contributed by atoms with E-state index in [2.05, 4.69) is 22.8 Å². The van der Waals surface area contributed by atoms with Crippen molar-refractivity contribution >= 4 is 6.34 Å².